The van der Waals surface area contributed by atoms with E-state index in [-0.39, 0.29) is 18.9 Å². The number of anilines is 1. The highest BCUT2D eigenvalue weighted by Gasteiger charge is 2.05. The Labute approximate surface area is 128 Å². The summed E-state index contributed by atoms with van der Waals surface area (Å²) in [5.74, 6) is -0.611. The van der Waals surface area contributed by atoms with Crippen LogP contribution >= 0.6 is 0 Å². The number of benzene rings is 2. The van der Waals surface area contributed by atoms with Crippen LogP contribution in [-0.2, 0) is 16.0 Å². The molecular formula is C17H17NO4. The maximum Gasteiger partial charge on any atom is 0.307 e. The standard InChI is InChI=1S/C17H17NO4/c1-12-3-2-4-14(9-12)18-16(19)11-22-15-7-5-13(6-8-15)10-17(20)21/h2-9H,10-11H2,1H3,(H,18,19)(H,20,21). The molecule has 114 valence electrons. The monoisotopic (exact) mass is 299 g/mol. The van der Waals surface area contributed by atoms with Crippen LogP contribution in [-0.4, -0.2) is 23.6 Å². The molecule has 2 rings (SSSR count). The largest absolute Gasteiger partial charge is 0.484 e. The van der Waals surface area contributed by atoms with Crippen molar-refractivity contribution in [2.24, 2.45) is 0 Å². The number of rotatable bonds is 6. The molecule has 0 atom stereocenters. The van der Waals surface area contributed by atoms with E-state index in [0.717, 1.165) is 11.3 Å². The highest BCUT2D eigenvalue weighted by Crippen LogP contribution is 2.13. The molecule has 5 heteroatoms. The van der Waals surface area contributed by atoms with E-state index in [1.54, 1.807) is 24.3 Å². The Morgan fingerprint density at radius 3 is 2.50 bits per heavy atom. The number of hydrogen-bond acceptors (Lipinski definition) is 3. The van der Waals surface area contributed by atoms with Gasteiger partial charge in [-0.05, 0) is 42.3 Å². The van der Waals surface area contributed by atoms with Gasteiger partial charge in [-0.25, -0.2) is 0 Å². The van der Waals surface area contributed by atoms with Crippen LogP contribution in [0.3, 0.4) is 0 Å². The lowest BCUT2D eigenvalue weighted by atomic mass is 10.1. The number of carbonyl (C=O) groups excluding carboxylic acids is 1. The van der Waals surface area contributed by atoms with Gasteiger partial charge in [-0.3, -0.25) is 9.59 Å². The number of amides is 1. The Morgan fingerprint density at radius 2 is 1.86 bits per heavy atom. The van der Waals surface area contributed by atoms with Gasteiger partial charge in [0.25, 0.3) is 5.91 Å². The van der Waals surface area contributed by atoms with Crippen LogP contribution in [0.2, 0.25) is 0 Å². The topological polar surface area (TPSA) is 75.6 Å². The van der Waals surface area contributed by atoms with Gasteiger partial charge in [0, 0.05) is 5.69 Å². The van der Waals surface area contributed by atoms with Crippen molar-refractivity contribution < 1.29 is 19.4 Å². The highest BCUT2D eigenvalue weighted by molar-refractivity contribution is 5.91. The van der Waals surface area contributed by atoms with Crippen molar-refractivity contribution in [1.29, 1.82) is 0 Å². The molecule has 0 spiro atoms. The molecular weight excluding hydrogens is 282 g/mol. The lowest BCUT2D eigenvalue weighted by molar-refractivity contribution is -0.136. The summed E-state index contributed by atoms with van der Waals surface area (Å²) < 4.78 is 5.37. The maximum atomic E-state index is 11.8. The van der Waals surface area contributed by atoms with Gasteiger partial charge in [-0.15, -0.1) is 0 Å². The van der Waals surface area contributed by atoms with Crippen molar-refractivity contribution >= 4 is 17.6 Å². The molecule has 5 nitrogen and oxygen atoms in total. The normalized spacial score (nSPS) is 10.0. The zero-order chi connectivity index (χ0) is 15.9. The molecule has 0 aliphatic carbocycles. The smallest absolute Gasteiger partial charge is 0.307 e. The molecule has 2 aromatic rings. The van der Waals surface area contributed by atoms with E-state index < -0.39 is 5.97 Å². The van der Waals surface area contributed by atoms with Crippen molar-refractivity contribution in [2.45, 2.75) is 13.3 Å². The molecule has 0 radical (unpaired) electrons. The quantitative estimate of drug-likeness (QED) is 0.859. The average molecular weight is 299 g/mol. The molecule has 1 amide bonds. The number of aliphatic carboxylic acids is 1. The summed E-state index contributed by atoms with van der Waals surface area (Å²) in [5, 5.41) is 11.4. The third-order valence-electron chi connectivity index (χ3n) is 2.95. The van der Waals surface area contributed by atoms with Gasteiger partial charge in [0.2, 0.25) is 0 Å². The zero-order valence-corrected chi connectivity index (χ0v) is 12.2. The molecule has 2 N–H and O–H groups in total. The van der Waals surface area contributed by atoms with Gasteiger partial charge in [-0.2, -0.15) is 0 Å². The van der Waals surface area contributed by atoms with E-state index in [0.29, 0.717) is 11.3 Å². The van der Waals surface area contributed by atoms with Gasteiger partial charge in [0.1, 0.15) is 5.75 Å². The summed E-state index contributed by atoms with van der Waals surface area (Å²) in [5.41, 5.74) is 2.47. The van der Waals surface area contributed by atoms with E-state index in [9.17, 15) is 9.59 Å². The Bertz CT molecular complexity index is 665. The van der Waals surface area contributed by atoms with E-state index in [1.165, 1.54) is 0 Å². The number of carbonyl (C=O) groups is 2. The molecule has 0 fully saturated rings. The van der Waals surface area contributed by atoms with E-state index in [1.807, 2.05) is 31.2 Å². The first-order chi connectivity index (χ1) is 10.5. The van der Waals surface area contributed by atoms with E-state index in [2.05, 4.69) is 5.32 Å². The Balaban J connectivity index is 1.84. The molecule has 0 unspecified atom stereocenters. The number of nitrogens with one attached hydrogen (secondary N) is 1. The fourth-order valence-electron chi connectivity index (χ4n) is 1.95. The predicted octanol–water partition coefficient (Wildman–Crippen LogP) is 2.64. The zero-order valence-electron chi connectivity index (χ0n) is 12.2. The van der Waals surface area contributed by atoms with Crippen LogP contribution in [0.4, 0.5) is 5.69 Å². The summed E-state index contributed by atoms with van der Waals surface area (Å²) in [6, 6.07) is 14.1. The summed E-state index contributed by atoms with van der Waals surface area (Å²) in [4.78, 5) is 22.4. The minimum Gasteiger partial charge on any atom is -0.484 e. The fourth-order valence-corrected chi connectivity index (χ4v) is 1.95. The minimum absolute atomic E-state index is 0.0336. The summed E-state index contributed by atoms with van der Waals surface area (Å²) in [6.07, 6.45) is -0.0336. The molecule has 0 saturated carbocycles. The molecule has 0 bridgehead atoms. The third-order valence-corrected chi connectivity index (χ3v) is 2.95. The summed E-state index contributed by atoms with van der Waals surface area (Å²) in [6.45, 7) is 1.84. The molecule has 0 aliphatic heterocycles. The molecule has 0 aliphatic rings. The second kappa shape index (κ2) is 7.26. The van der Waals surface area contributed by atoms with Gasteiger partial charge in [0.15, 0.2) is 6.61 Å². The second-order valence-electron chi connectivity index (χ2n) is 4.92. The first-order valence-corrected chi connectivity index (χ1v) is 6.83. The van der Waals surface area contributed by atoms with Crippen molar-refractivity contribution in [3.8, 4) is 5.75 Å². The number of aryl methyl sites for hydroxylation is 1. The molecule has 0 heterocycles. The molecule has 2 aromatic carbocycles. The summed E-state index contributed by atoms with van der Waals surface area (Å²) >= 11 is 0. The van der Waals surface area contributed by atoms with Crippen LogP contribution in [0.25, 0.3) is 0 Å². The van der Waals surface area contributed by atoms with E-state index >= 15 is 0 Å². The number of ether oxygens (including phenoxy) is 1. The number of hydrogen-bond donors (Lipinski definition) is 2. The van der Waals surface area contributed by atoms with Gasteiger partial charge < -0.3 is 15.2 Å². The van der Waals surface area contributed by atoms with Crippen LogP contribution in [0, 0.1) is 6.92 Å². The van der Waals surface area contributed by atoms with Crippen molar-refractivity contribution in [3.05, 3.63) is 59.7 Å². The predicted molar refractivity (Wildman–Crippen MR) is 83.1 cm³/mol. The second-order valence-corrected chi connectivity index (χ2v) is 4.92. The van der Waals surface area contributed by atoms with Gasteiger partial charge in [-0.1, -0.05) is 24.3 Å². The van der Waals surface area contributed by atoms with Crippen LogP contribution in [0.15, 0.2) is 48.5 Å². The van der Waals surface area contributed by atoms with Crippen molar-refractivity contribution in [2.75, 3.05) is 11.9 Å². The Kier molecular flexibility index (Phi) is 5.14. The SMILES string of the molecule is Cc1cccc(NC(=O)COc2ccc(CC(=O)O)cc2)c1. The van der Waals surface area contributed by atoms with Crippen molar-refractivity contribution in [1.82, 2.24) is 0 Å². The number of carboxylic acid groups (broad SMARTS) is 1. The molecule has 0 saturated heterocycles. The van der Waals surface area contributed by atoms with E-state index in [4.69, 9.17) is 9.84 Å². The average Bonchev–Trinajstić information content (AvgIpc) is 2.46. The number of carboxylic acids is 1. The lowest BCUT2D eigenvalue weighted by Crippen LogP contribution is -2.20. The van der Waals surface area contributed by atoms with Crippen LogP contribution in [0.1, 0.15) is 11.1 Å². The minimum atomic E-state index is -0.883. The Morgan fingerprint density at radius 1 is 1.14 bits per heavy atom. The van der Waals surface area contributed by atoms with Gasteiger partial charge in [0.05, 0.1) is 6.42 Å². The third kappa shape index (κ3) is 4.94. The highest BCUT2D eigenvalue weighted by atomic mass is 16.5. The summed E-state index contributed by atoms with van der Waals surface area (Å²) in [7, 11) is 0. The lowest BCUT2D eigenvalue weighted by Gasteiger charge is -2.08. The van der Waals surface area contributed by atoms with Crippen molar-refractivity contribution in [3.63, 3.8) is 0 Å². The fraction of sp³-hybridized carbons (Fsp3) is 0.176. The first kappa shape index (κ1) is 15.6. The Hall–Kier alpha value is -2.82. The van der Waals surface area contributed by atoms with Crippen LogP contribution in [0.5, 0.6) is 5.75 Å². The molecule has 22 heavy (non-hydrogen) atoms. The van der Waals surface area contributed by atoms with Gasteiger partial charge >= 0.3 is 5.97 Å². The molecule has 0 aromatic heterocycles. The maximum absolute atomic E-state index is 11.8. The van der Waals surface area contributed by atoms with Crippen LogP contribution < -0.4 is 10.1 Å². The first-order valence-electron chi connectivity index (χ1n) is 6.83.